The highest BCUT2D eigenvalue weighted by Crippen LogP contribution is 2.22. The fourth-order valence-corrected chi connectivity index (χ4v) is 2.01. The van der Waals surface area contributed by atoms with Crippen molar-refractivity contribution in [2.45, 2.75) is 33.1 Å². The average molecular weight is 260 g/mol. The van der Waals surface area contributed by atoms with Crippen LogP contribution in [0.1, 0.15) is 31.4 Å². The number of hydrogen-bond acceptors (Lipinski definition) is 2. The first-order valence-corrected chi connectivity index (χ1v) is 6.95. The second-order valence-corrected chi connectivity index (χ2v) is 4.45. The van der Waals surface area contributed by atoms with E-state index in [1.54, 1.807) is 6.08 Å². The van der Waals surface area contributed by atoms with Crippen LogP contribution in [-0.4, -0.2) is 19.0 Å². The van der Waals surface area contributed by atoms with Gasteiger partial charge in [0.05, 0.1) is 0 Å². The summed E-state index contributed by atoms with van der Waals surface area (Å²) < 4.78 is 0. The molecule has 0 aliphatic carbocycles. The van der Waals surface area contributed by atoms with Gasteiger partial charge in [-0.2, -0.15) is 0 Å². The highest BCUT2D eigenvalue weighted by atomic mass is 16.1. The van der Waals surface area contributed by atoms with Crippen LogP contribution in [0.15, 0.2) is 30.9 Å². The van der Waals surface area contributed by atoms with Crippen LogP contribution in [0.4, 0.5) is 5.69 Å². The lowest BCUT2D eigenvalue weighted by Gasteiger charge is -2.14. The Morgan fingerprint density at radius 2 is 1.89 bits per heavy atom. The summed E-state index contributed by atoms with van der Waals surface area (Å²) in [6.45, 7) is 9.25. The smallest absolute Gasteiger partial charge is 0.225 e. The molecule has 2 N–H and O–H groups in total. The lowest BCUT2D eigenvalue weighted by atomic mass is 10.0. The van der Waals surface area contributed by atoms with E-state index in [0.717, 1.165) is 25.1 Å². The SMILES string of the molecule is C=CCNCCC(=O)Nc1c(CC)cccc1CC. The van der Waals surface area contributed by atoms with Gasteiger partial charge in [-0.25, -0.2) is 0 Å². The van der Waals surface area contributed by atoms with E-state index in [1.807, 2.05) is 0 Å². The number of rotatable bonds is 8. The number of nitrogens with one attached hydrogen (secondary N) is 2. The van der Waals surface area contributed by atoms with Gasteiger partial charge >= 0.3 is 0 Å². The van der Waals surface area contributed by atoms with Crippen LogP contribution in [0.5, 0.6) is 0 Å². The van der Waals surface area contributed by atoms with E-state index in [1.165, 1.54) is 11.1 Å². The molecule has 3 nitrogen and oxygen atoms in total. The normalized spacial score (nSPS) is 10.2. The van der Waals surface area contributed by atoms with Crippen molar-refractivity contribution in [2.75, 3.05) is 18.4 Å². The standard InChI is InChI=1S/C16H24N2O/c1-4-11-17-12-10-15(19)18-16-13(5-2)8-7-9-14(16)6-3/h4,7-9,17H,1,5-6,10-12H2,2-3H3,(H,18,19). The van der Waals surface area contributed by atoms with Crippen LogP contribution >= 0.6 is 0 Å². The summed E-state index contributed by atoms with van der Waals surface area (Å²) in [4.78, 5) is 11.9. The van der Waals surface area contributed by atoms with E-state index < -0.39 is 0 Å². The van der Waals surface area contributed by atoms with Gasteiger partial charge in [0.15, 0.2) is 0 Å². The van der Waals surface area contributed by atoms with E-state index >= 15 is 0 Å². The predicted molar refractivity (Wildman–Crippen MR) is 81.5 cm³/mol. The molecule has 1 aromatic carbocycles. The molecule has 1 rings (SSSR count). The predicted octanol–water partition coefficient (Wildman–Crippen LogP) is 2.92. The second-order valence-electron chi connectivity index (χ2n) is 4.45. The number of aryl methyl sites for hydroxylation is 2. The summed E-state index contributed by atoms with van der Waals surface area (Å²) in [5.74, 6) is 0.0622. The average Bonchev–Trinajstić information content (AvgIpc) is 2.43. The Balaban J connectivity index is 2.64. The topological polar surface area (TPSA) is 41.1 Å². The Morgan fingerprint density at radius 3 is 2.42 bits per heavy atom. The molecule has 104 valence electrons. The van der Waals surface area contributed by atoms with E-state index in [4.69, 9.17) is 0 Å². The molecule has 1 amide bonds. The molecule has 1 aromatic rings. The van der Waals surface area contributed by atoms with E-state index in [9.17, 15) is 4.79 Å². The van der Waals surface area contributed by atoms with Crippen LogP contribution in [0, 0.1) is 0 Å². The quantitative estimate of drug-likeness (QED) is 0.557. The number of para-hydroxylation sites is 1. The number of carbonyl (C=O) groups is 1. The minimum Gasteiger partial charge on any atom is -0.326 e. The maximum atomic E-state index is 11.9. The molecule has 0 aliphatic rings. The molecule has 0 heterocycles. The van der Waals surface area contributed by atoms with Crippen LogP contribution < -0.4 is 10.6 Å². The zero-order valence-corrected chi connectivity index (χ0v) is 12.0. The Kier molecular flexibility index (Phi) is 6.90. The van der Waals surface area contributed by atoms with E-state index in [-0.39, 0.29) is 5.91 Å². The summed E-state index contributed by atoms with van der Waals surface area (Å²) in [6, 6.07) is 6.20. The second kappa shape index (κ2) is 8.48. The van der Waals surface area contributed by atoms with Crippen molar-refractivity contribution in [1.29, 1.82) is 0 Å². The molecule has 19 heavy (non-hydrogen) atoms. The molecule has 0 aromatic heterocycles. The van der Waals surface area contributed by atoms with Gasteiger partial charge in [0.25, 0.3) is 0 Å². The third-order valence-corrected chi connectivity index (χ3v) is 3.08. The third kappa shape index (κ3) is 4.87. The zero-order valence-electron chi connectivity index (χ0n) is 12.0. The fraction of sp³-hybridized carbons (Fsp3) is 0.438. The Morgan fingerprint density at radius 1 is 1.26 bits per heavy atom. The van der Waals surface area contributed by atoms with Crippen molar-refractivity contribution in [3.8, 4) is 0 Å². The van der Waals surface area contributed by atoms with E-state index in [0.29, 0.717) is 13.0 Å². The highest BCUT2D eigenvalue weighted by Gasteiger charge is 2.09. The maximum absolute atomic E-state index is 11.9. The van der Waals surface area contributed by atoms with Gasteiger partial charge in [0.1, 0.15) is 0 Å². The van der Waals surface area contributed by atoms with E-state index in [2.05, 4.69) is 49.3 Å². The van der Waals surface area contributed by atoms with Crippen molar-refractivity contribution in [3.63, 3.8) is 0 Å². The first-order valence-electron chi connectivity index (χ1n) is 6.95. The van der Waals surface area contributed by atoms with Crippen molar-refractivity contribution < 1.29 is 4.79 Å². The molecule has 3 heteroatoms. The van der Waals surface area contributed by atoms with Crippen LogP contribution in [0.25, 0.3) is 0 Å². The van der Waals surface area contributed by atoms with Gasteiger partial charge in [0, 0.05) is 25.2 Å². The minimum absolute atomic E-state index is 0.0622. The summed E-state index contributed by atoms with van der Waals surface area (Å²) >= 11 is 0. The van der Waals surface area contributed by atoms with Crippen molar-refractivity contribution >= 4 is 11.6 Å². The summed E-state index contributed by atoms with van der Waals surface area (Å²) in [5.41, 5.74) is 3.40. The first kappa shape index (κ1) is 15.4. The molecule has 0 saturated heterocycles. The molecule has 0 bridgehead atoms. The van der Waals surface area contributed by atoms with Crippen molar-refractivity contribution in [3.05, 3.63) is 42.0 Å². The van der Waals surface area contributed by atoms with Gasteiger partial charge in [-0.15, -0.1) is 6.58 Å². The molecule has 0 unspecified atom stereocenters. The summed E-state index contributed by atoms with van der Waals surface area (Å²) in [5, 5.41) is 6.18. The number of carbonyl (C=O) groups excluding carboxylic acids is 1. The fourth-order valence-electron chi connectivity index (χ4n) is 2.01. The molecular weight excluding hydrogens is 236 g/mol. The molecule has 0 spiro atoms. The molecule has 0 atom stereocenters. The number of hydrogen-bond donors (Lipinski definition) is 2. The lowest BCUT2D eigenvalue weighted by Crippen LogP contribution is -2.22. The third-order valence-electron chi connectivity index (χ3n) is 3.08. The van der Waals surface area contributed by atoms with Crippen LogP contribution in [0.2, 0.25) is 0 Å². The Labute approximate surface area is 116 Å². The van der Waals surface area contributed by atoms with Crippen LogP contribution in [-0.2, 0) is 17.6 Å². The molecule has 0 aliphatic heterocycles. The maximum Gasteiger partial charge on any atom is 0.225 e. The van der Waals surface area contributed by atoms with Crippen LogP contribution in [0.3, 0.4) is 0 Å². The monoisotopic (exact) mass is 260 g/mol. The van der Waals surface area contributed by atoms with Crippen molar-refractivity contribution in [2.24, 2.45) is 0 Å². The molecule has 0 radical (unpaired) electrons. The minimum atomic E-state index is 0.0622. The Hall–Kier alpha value is -1.61. The zero-order chi connectivity index (χ0) is 14.1. The molecule has 0 fully saturated rings. The number of benzene rings is 1. The first-order chi connectivity index (χ1) is 9.22. The summed E-state index contributed by atoms with van der Waals surface area (Å²) in [7, 11) is 0. The van der Waals surface area contributed by atoms with Gasteiger partial charge in [-0.1, -0.05) is 38.1 Å². The van der Waals surface area contributed by atoms with Gasteiger partial charge in [-0.3, -0.25) is 4.79 Å². The van der Waals surface area contributed by atoms with Gasteiger partial charge in [-0.05, 0) is 24.0 Å². The van der Waals surface area contributed by atoms with Gasteiger partial charge < -0.3 is 10.6 Å². The lowest BCUT2D eigenvalue weighted by molar-refractivity contribution is -0.116. The molecular formula is C16H24N2O. The number of amides is 1. The highest BCUT2D eigenvalue weighted by molar-refractivity contribution is 5.92. The summed E-state index contributed by atoms with van der Waals surface area (Å²) in [6.07, 6.45) is 4.13. The largest absolute Gasteiger partial charge is 0.326 e. The Bertz CT molecular complexity index is 405. The van der Waals surface area contributed by atoms with Gasteiger partial charge in [0.2, 0.25) is 5.91 Å². The molecule has 0 saturated carbocycles. The number of anilines is 1. The van der Waals surface area contributed by atoms with Crippen molar-refractivity contribution in [1.82, 2.24) is 5.32 Å².